The molecule has 112 valence electrons. The summed E-state index contributed by atoms with van der Waals surface area (Å²) in [5.74, 6) is 0.0188. The monoisotopic (exact) mass is 276 g/mol. The Balaban J connectivity index is 2.14. The Labute approximate surface area is 124 Å². The number of hydrogen-bond acceptors (Lipinski definition) is 0. The molecule has 0 N–H and O–H groups in total. The van der Waals surface area contributed by atoms with Gasteiger partial charge in [0.05, 0.1) is 0 Å². The van der Waals surface area contributed by atoms with Gasteiger partial charge >= 0.3 is 0 Å². The molecule has 1 rings (SSSR count). The van der Waals surface area contributed by atoms with Crippen LogP contribution in [0.3, 0.4) is 0 Å². The second kappa shape index (κ2) is 10.7. The van der Waals surface area contributed by atoms with Crippen molar-refractivity contribution in [1.29, 1.82) is 0 Å². The van der Waals surface area contributed by atoms with E-state index in [1.807, 2.05) is 31.2 Å². The molecule has 0 spiro atoms. The fourth-order valence-electron chi connectivity index (χ4n) is 2.42. The van der Waals surface area contributed by atoms with Crippen LogP contribution < -0.4 is 0 Å². The molecule has 1 aromatic carbocycles. The zero-order chi connectivity index (χ0) is 14.6. The van der Waals surface area contributed by atoms with Crippen LogP contribution in [0.25, 0.3) is 6.08 Å². The Morgan fingerprint density at radius 3 is 2.20 bits per heavy atom. The first-order valence-electron chi connectivity index (χ1n) is 8.15. The van der Waals surface area contributed by atoms with Crippen LogP contribution in [0.5, 0.6) is 0 Å². The van der Waals surface area contributed by atoms with E-state index in [-0.39, 0.29) is 5.83 Å². The minimum absolute atomic E-state index is 0.0188. The highest BCUT2D eigenvalue weighted by atomic mass is 19.1. The van der Waals surface area contributed by atoms with Crippen LogP contribution in [-0.4, -0.2) is 0 Å². The summed E-state index contributed by atoms with van der Waals surface area (Å²) in [6, 6.07) is 7.95. The van der Waals surface area contributed by atoms with Crippen LogP contribution in [0, 0.1) is 6.92 Å². The Kier molecular flexibility index (Phi) is 9.02. The molecule has 0 saturated heterocycles. The predicted molar refractivity (Wildman–Crippen MR) is 87.5 cm³/mol. The van der Waals surface area contributed by atoms with E-state index in [1.54, 1.807) is 6.08 Å². The van der Waals surface area contributed by atoms with E-state index in [1.165, 1.54) is 38.5 Å². The highest BCUT2D eigenvalue weighted by Crippen LogP contribution is 2.18. The number of allylic oxidation sites excluding steroid dienone is 1. The van der Waals surface area contributed by atoms with Gasteiger partial charge in [0, 0.05) is 0 Å². The van der Waals surface area contributed by atoms with Crippen LogP contribution in [-0.2, 0) is 0 Å². The number of benzene rings is 1. The molecule has 0 bridgehead atoms. The average Bonchev–Trinajstić information content (AvgIpc) is 2.44. The fourth-order valence-corrected chi connectivity index (χ4v) is 2.42. The molecular formula is C19H29F. The van der Waals surface area contributed by atoms with E-state index in [0.29, 0.717) is 6.42 Å². The lowest BCUT2D eigenvalue weighted by atomic mass is 10.1. The maximum Gasteiger partial charge on any atom is 0.101 e. The first-order valence-corrected chi connectivity index (χ1v) is 8.15. The minimum atomic E-state index is 0.0188. The first kappa shape index (κ1) is 16.9. The standard InChI is InChI=1S/C19H29F/c1-3-4-5-6-7-8-9-10-15-19(20)16-18-14-12-11-13-17(18)2/h11-14,16H,3-10,15H2,1-2H3/b19-16+. The van der Waals surface area contributed by atoms with Crippen LogP contribution in [0.15, 0.2) is 30.1 Å². The second-order valence-corrected chi connectivity index (χ2v) is 5.67. The van der Waals surface area contributed by atoms with Crippen molar-refractivity contribution in [3.05, 3.63) is 41.2 Å². The molecule has 0 aromatic heterocycles. The SMILES string of the molecule is CCCCCCCCCC/C(F)=C\c1ccccc1C. The van der Waals surface area contributed by atoms with Gasteiger partial charge in [0.2, 0.25) is 0 Å². The lowest BCUT2D eigenvalue weighted by molar-refractivity contribution is 0.538. The zero-order valence-electron chi connectivity index (χ0n) is 13.1. The van der Waals surface area contributed by atoms with Gasteiger partial charge in [0.15, 0.2) is 0 Å². The molecular weight excluding hydrogens is 247 g/mol. The molecule has 0 aliphatic carbocycles. The molecule has 20 heavy (non-hydrogen) atoms. The second-order valence-electron chi connectivity index (χ2n) is 5.67. The Bertz CT molecular complexity index is 393. The summed E-state index contributed by atoms with van der Waals surface area (Å²) >= 11 is 0. The summed E-state index contributed by atoms with van der Waals surface area (Å²) < 4.78 is 13.8. The van der Waals surface area contributed by atoms with Crippen molar-refractivity contribution in [2.75, 3.05) is 0 Å². The maximum atomic E-state index is 13.8. The van der Waals surface area contributed by atoms with E-state index in [2.05, 4.69) is 6.92 Å². The van der Waals surface area contributed by atoms with E-state index in [0.717, 1.165) is 24.0 Å². The van der Waals surface area contributed by atoms with Crippen molar-refractivity contribution in [1.82, 2.24) is 0 Å². The Hall–Kier alpha value is -1.11. The van der Waals surface area contributed by atoms with Crippen LogP contribution in [0.2, 0.25) is 0 Å². The lowest BCUT2D eigenvalue weighted by Gasteiger charge is -2.02. The number of halogens is 1. The highest BCUT2D eigenvalue weighted by molar-refractivity contribution is 5.54. The summed E-state index contributed by atoms with van der Waals surface area (Å²) in [6.07, 6.45) is 12.3. The topological polar surface area (TPSA) is 0 Å². The summed E-state index contributed by atoms with van der Waals surface area (Å²) in [4.78, 5) is 0. The first-order chi connectivity index (χ1) is 9.74. The van der Waals surface area contributed by atoms with Gasteiger partial charge in [-0.25, -0.2) is 4.39 Å². The molecule has 0 saturated carbocycles. The summed E-state index contributed by atoms with van der Waals surface area (Å²) in [7, 11) is 0. The summed E-state index contributed by atoms with van der Waals surface area (Å²) in [5, 5.41) is 0. The predicted octanol–water partition coefficient (Wildman–Crippen LogP) is 6.84. The average molecular weight is 276 g/mol. The summed E-state index contributed by atoms with van der Waals surface area (Å²) in [6.45, 7) is 4.26. The molecule has 0 amide bonds. The quantitative estimate of drug-likeness (QED) is 0.410. The molecule has 0 unspecified atom stereocenters. The van der Waals surface area contributed by atoms with Gasteiger partial charge in [-0.3, -0.25) is 0 Å². The molecule has 0 fully saturated rings. The van der Waals surface area contributed by atoms with Gasteiger partial charge in [-0.2, -0.15) is 0 Å². The minimum Gasteiger partial charge on any atom is -0.212 e. The molecule has 1 heteroatoms. The van der Waals surface area contributed by atoms with Gasteiger partial charge < -0.3 is 0 Å². The van der Waals surface area contributed by atoms with Crippen molar-refractivity contribution in [2.24, 2.45) is 0 Å². The number of aryl methyl sites for hydroxylation is 1. The molecule has 0 radical (unpaired) electrons. The van der Waals surface area contributed by atoms with E-state index >= 15 is 0 Å². The number of hydrogen-bond donors (Lipinski definition) is 0. The fraction of sp³-hybridized carbons (Fsp3) is 0.579. The third kappa shape index (κ3) is 7.47. The lowest BCUT2D eigenvalue weighted by Crippen LogP contribution is -1.83. The van der Waals surface area contributed by atoms with E-state index < -0.39 is 0 Å². The van der Waals surface area contributed by atoms with E-state index in [4.69, 9.17) is 0 Å². The van der Waals surface area contributed by atoms with Crippen molar-refractivity contribution in [3.8, 4) is 0 Å². The van der Waals surface area contributed by atoms with Gasteiger partial charge in [0.1, 0.15) is 5.83 Å². The van der Waals surface area contributed by atoms with Crippen molar-refractivity contribution in [2.45, 2.75) is 71.6 Å². The highest BCUT2D eigenvalue weighted by Gasteiger charge is 1.99. The van der Waals surface area contributed by atoms with Gasteiger partial charge in [-0.05, 0) is 37.0 Å². The third-order valence-electron chi connectivity index (χ3n) is 3.77. The van der Waals surface area contributed by atoms with E-state index in [9.17, 15) is 4.39 Å². The largest absolute Gasteiger partial charge is 0.212 e. The Morgan fingerprint density at radius 1 is 0.950 bits per heavy atom. The molecule has 0 nitrogen and oxygen atoms in total. The molecule has 0 aliphatic heterocycles. The molecule has 1 aromatic rings. The normalized spacial score (nSPS) is 11.8. The van der Waals surface area contributed by atoms with Gasteiger partial charge in [-0.1, -0.05) is 76.1 Å². The third-order valence-corrected chi connectivity index (χ3v) is 3.77. The molecule has 0 atom stereocenters. The number of rotatable bonds is 10. The van der Waals surface area contributed by atoms with Crippen molar-refractivity contribution < 1.29 is 4.39 Å². The Morgan fingerprint density at radius 2 is 1.55 bits per heavy atom. The van der Waals surface area contributed by atoms with Crippen molar-refractivity contribution >= 4 is 6.08 Å². The molecule has 0 heterocycles. The van der Waals surface area contributed by atoms with Gasteiger partial charge in [0.25, 0.3) is 0 Å². The van der Waals surface area contributed by atoms with Gasteiger partial charge in [-0.15, -0.1) is 0 Å². The van der Waals surface area contributed by atoms with Crippen LogP contribution in [0.4, 0.5) is 4.39 Å². The zero-order valence-corrected chi connectivity index (χ0v) is 13.1. The molecule has 0 aliphatic rings. The van der Waals surface area contributed by atoms with Crippen molar-refractivity contribution in [3.63, 3.8) is 0 Å². The maximum absolute atomic E-state index is 13.8. The van der Waals surface area contributed by atoms with Crippen LogP contribution in [0.1, 0.15) is 75.8 Å². The summed E-state index contributed by atoms with van der Waals surface area (Å²) in [5.41, 5.74) is 2.14. The van der Waals surface area contributed by atoms with Crippen LogP contribution >= 0.6 is 0 Å². The number of unbranched alkanes of at least 4 members (excludes halogenated alkanes) is 7. The smallest absolute Gasteiger partial charge is 0.101 e.